The Kier molecular flexibility index (Phi) is 9.43. The van der Waals surface area contributed by atoms with Crippen LogP contribution in [-0.4, -0.2) is 48.6 Å². The molecule has 0 aliphatic rings. The Morgan fingerprint density at radius 2 is 1.94 bits per heavy atom. The van der Waals surface area contributed by atoms with Gasteiger partial charge in [0.25, 0.3) is 0 Å². The highest BCUT2D eigenvalue weighted by molar-refractivity contribution is 5.77. The number of carbonyl (C=O) groups excluding carboxylic acids is 1. The number of carbonyl (C=O) groups is 2. The molecule has 5 heteroatoms. The highest BCUT2D eigenvalue weighted by Crippen LogP contribution is 2.00. The van der Waals surface area contributed by atoms with Gasteiger partial charge in [0.15, 0.2) is 0 Å². The fraction of sp³-hybridized carbons (Fsp3) is 0.833. The zero-order valence-electron chi connectivity index (χ0n) is 10.9. The molecule has 0 aromatic carbocycles. The van der Waals surface area contributed by atoms with Crippen LogP contribution in [0.2, 0.25) is 0 Å². The van der Waals surface area contributed by atoms with Gasteiger partial charge in [-0.2, -0.15) is 0 Å². The molecule has 5 nitrogen and oxygen atoms in total. The molecule has 0 saturated heterocycles. The Balaban J connectivity index is 3.42. The lowest BCUT2D eigenvalue weighted by atomic mass is 10.2. The first-order valence-electron chi connectivity index (χ1n) is 6.23. The monoisotopic (exact) mass is 244 g/mol. The maximum absolute atomic E-state index is 11.4. The average molecular weight is 244 g/mol. The van der Waals surface area contributed by atoms with Gasteiger partial charge in [-0.3, -0.25) is 14.5 Å². The van der Waals surface area contributed by atoms with E-state index in [4.69, 9.17) is 5.11 Å². The quantitative estimate of drug-likeness (QED) is 0.564. The molecular formula is C12H24N2O3. The van der Waals surface area contributed by atoms with Crippen molar-refractivity contribution in [3.63, 3.8) is 0 Å². The lowest BCUT2D eigenvalue weighted by molar-refractivity contribution is -0.137. The van der Waals surface area contributed by atoms with Gasteiger partial charge in [0, 0.05) is 13.0 Å². The molecular weight excluding hydrogens is 220 g/mol. The number of nitrogens with zero attached hydrogens (tertiary/aromatic N) is 1. The summed E-state index contributed by atoms with van der Waals surface area (Å²) in [5.41, 5.74) is 0. The topological polar surface area (TPSA) is 69.6 Å². The normalized spacial score (nSPS) is 10.5. The predicted octanol–water partition coefficient (Wildman–Crippen LogP) is 1.09. The second kappa shape index (κ2) is 10.1. The summed E-state index contributed by atoms with van der Waals surface area (Å²) in [5.74, 6) is -0.683. The molecule has 0 fully saturated rings. The van der Waals surface area contributed by atoms with Crippen molar-refractivity contribution in [3.05, 3.63) is 0 Å². The summed E-state index contributed by atoms with van der Waals surface area (Å²) in [5, 5.41) is 11.3. The second-order valence-electron chi connectivity index (χ2n) is 4.29. The minimum atomic E-state index is -0.739. The molecule has 100 valence electrons. The molecule has 0 rings (SSSR count). The van der Waals surface area contributed by atoms with Crippen LogP contribution >= 0.6 is 0 Å². The van der Waals surface area contributed by atoms with Crippen molar-refractivity contribution < 1.29 is 14.7 Å². The van der Waals surface area contributed by atoms with E-state index < -0.39 is 5.97 Å². The van der Waals surface area contributed by atoms with Crippen LogP contribution in [0.1, 0.15) is 39.0 Å². The third kappa shape index (κ3) is 11.2. The molecule has 0 heterocycles. The maximum Gasteiger partial charge on any atom is 0.303 e. The van der Waals surface area contributed by atoms with Crippen LogP contribution in [0.3, 0.4) is 0 Å². The van der Waals surface area contributed by atoms with Crippen molar-refractivity contribution in [2.45, 2.75) is 39.0 Å². The van der Waals surface area contributed by atoms with Crippen LogP contribution in [0.15, 0.2) is 0 Å². The molecule has 17 heavy (non-hydrogen) atoms. The van der Waals surface area contributed by atoms with Crippen LogP contribution in [0.5, 0.6) is 0 Å². The van der Waals surface area contributed by atoms with E-state index in [1.54, 1.807) is 0 Å². The Morgan fingerprint density at radius 1 is 1.24 bits per heavy atom. The van der Waals surface area contributed by atoms with E-state index in [-0.39, 0.29) is 12.3 Å². The van der Waals surface area contributed by atoms with Gasteiger partial charge in [-0.1, -0.05) is 13.3 Å². The van der Waals surface area contributed by atoms with Gasteiger partial charge in [-0.15, -0.1) is 0 Å². The first-order valence-corrected chi connectivity index (χ1v) is 6.23. The summed E-state index contributed by atoms with van der Waals surface area (Å²) in [7, 11) is 1.91. The number of likely N-dealkylation sites (N-methyl/N-ethyl adjacent to an activating group) is 1. The zero-order valence-corrected chi connectivity index (χ0v) is 10.9. The van der Waals surface area contributed by atoms with Gasteiger partial charge in [0.2, 0.25) is 5.91 Å². The van der Waals surface area contributed by atoms with Gasteiger partial charge in [0.05, 0.1) is 6.54 Å². The Labute approximate surface area is 103 Å². The molecule has 0 aliphatic heterocycles. The number of carboxylic acids is 1. The van der Waals surface area contributed by atoms with Gasteiger partial charge in [-0.05, 0) is 32.9 Å². The first kappa shape index (κ1) is 15.9. The predicted molar refractivity (Wildman–Crippen MR) is 66.9 cm³/mol. The van der Waals surface area contributed by atoms with Gasteiger partial charge >= 0.3 is 5.97 Å². The molecule has 0 spiro atoms. The van der Waals surface area contributed by atoms with Crippen LogP contribution in [0.4, 0.5) is 0 Å². The molecule has 0 bridgehead atoms. The summed E-state index contributed by atoms with van der Waals surface area (Å²) >= 11 is 0. The fourth-order valence-corrected chi connectivity index (χ4v) is 1.48. The van der Waals surface area contributed by atoms with E-state index >= 15 is 0 Å². The molecule has 0 aromatic rings. The number of carboxylic acid groups (broad SMARTS) is 1. The lowest BCUT2D eigenvalue weighted by Gasteiger charge is -2.15. The van der Waals surface area contributed by atoms with Crippen LogP contribution in [-0.2, 0) is 9.59 Å². The number of hydrogen-bond acceptors (Lipinski definition) is 3. The third-order valence-corrected chi connectivity index (χ3v) is 2.42. The van der Waals surface area contributed by atoms with E-state index in [0.29, 0.717) is 13.0 Å². The van der Waals surface area contributed by atoms with Gasteiger partial charge in [-0.25, -0.2) is 0 Å². The van der Waals surface area contributed by atoms with Crippen molar-refractivity contribution in [2.75, 3.05) is 26.7 Å². The minimum absolute atomic E-state index is 0.0554. The summed E-state index contributed by atoms with van der Waals surface area (Å²) in [6.45, 7) is 4.00. The first-order chi connectivity index (χ1) is 8.06. The van der Waals surface area contributed by atoms with Crippen molar-refractivity contribution in [1.82, 2.24) is 10.2 Å². The standard InChI is InChI=1S/C12H24N2O3/c1-3-8-13-11(15)10-14(2)9-6-4-5-7-12(16)17/h3-10H2,1-2H3,(H,13,15)(H,16,17). The molecule has 0 aromatic heterocycles. The summed E-state index contributed by atoms with van der Waals surface area (Å²) in [4.78, 5) is 23.6. The van der Waals surface area contributed by atoms with Crippen LogP contribution < -0.4 is 5.32 Å². The Hall–Kier alpha value is -1.10. The number of unbranched alkanes of at least 4 members (excludes halogenated alkanes) is 2. The van der Waals surface area contributed by atoms with Crippen LogP contribution in [0, 0.1) is 0 Å². The Bertz CT molecular complexity index is 232. The molecule has 0 radical (unpaired) electrons. The van der Waals surface area contributed by atoms with Crippen molar-refractivity contribution in [3.8, 4) is 0 Å². The van der Waals surface area contributed by atoms with Gasteiger partial charge < -0.3 is 10.4 Å². The van der Waals surface area contributed by atoms with Crippen molar-refractivity contribution in [1.29, 1.82) is 0 Å². The molecule has 0 unspecified atom stereocenters. The van der Waals surface area contributed by atoms with E-state index in [0.717, 1.165) is 32.4 Å². The molecule has 2 N–H and O–H groups in total. The van der Waals surface area contributed by atoms with Gasteiger partial charge in [0.1, 0.15) is 0 Å². The molecule has 0 atom stereocenters. The maximum atomic E-state index is 11.4. The van der Waals surface area contributed by atoms with Crippen LogP contribution in [0.25, 0.3) is 0 Å². The number of aliphatic carboxylic acids is 1. The minimum Gasteiger partial charge on any atom is -0.481 e. The summed E-state index contributed by atoms with van der Waals surface area (Å²) in [6, 6.07) is 0. The van der Waals surface area contributed by atoms with E-state index in [9.17, 15) is 9.59 Å². The molecule has 0 saturated carbocycles. The van der Waals surface area contributed by atoms with Crippen molar-refractivity contribution in [2.24, 2.45) is 0 Å². The van der Waals surface area contributed by atoms with E-state index in [2.05, 4.69) is 5.32 Å². The average Bonchev–Trinajstić information content (AvgIpc) is 2.25. The lowest BCUT2D eigenvalue weighted by Crippen LogP contribution is -2.35. The number of nitrogens with one attached hydrogen (secondary N) is 1. The Morgan fingerprint density at radius 3 is 2.53 bits per heavy atom. The smallest absolute Gasteiger partial charge is 0.303 e. The number of amides is 1. The zero-order chi connectivity index (χ0) is 13.1. The third-order valence-electron chi connectivity index (χ3n) is 2.42. The molecule has 1 amide bonds. The fourth-order valence-electron chi connectivity index (χ4n) is 1.48. The summed E-state index contributed by atoms with van der Waals surface area (Å²) in [6.07, 6.45) is 3.73. The SMILES string of the molecule is CCCNC(=O)CN(C)CCCCCC(=O)O. The van der Waals surface area contributed by atoms with E-state index in [1.165, 1.54) is 0 Å². The largest absolute Gasteiger partial charge is 0.481 e. The second-order valence-corrected chi connectivity index (χ2v) is 4.29. The highest BCUT2D eigenvalue weighted by Gasteiger charge is 2.05. The molecule has 0 aliphatic carbocycles. The van der Waals surface area contributed by atoms with Crippen molar-refractivity contribution >= 4 is 11.9 Å². The number of hydrogen-bond donors (Lipinski definition) is 2. The number of rotatable bonds is 10. The summed E-state index contributed by atoms with van der Waals surface area (Å²) < 4.78 is 0. The highest BCUT2D eigenvalue weighted by atomic mass is 16.4. The van der Waals surface area contributed by atoms with E-state index in [1.807, 2.05) is 18.9 Å².